The van der Waals surface area contributed by atoms with Crippen LogP contribution >= 0.6 is 0 Å². The topological polar surface area (TPSA) is 92.7 Å². The standard InChI is InChI=1S/C10H21N3O4/c1-3-17-9(14)8-16-7-6-15-5-4-13-10(11)12-2/h3-8H2,1-2H3,(H3,11,12,13). The number of nitrogens with one attached hydrogen (secondary N) is 3. The highest BCUT2D eigenvalue weighted by Crippen LogP contribution is 1.82. The van der Waals surface area contributed by atoms with Crippen molar-refractivity contribution in [3.63, 3.8) is 0 Å². The van der Waals surface area contributed by atoms with Gasteiger partial charge < -0.3 is 24.8 Å². The number of rotatable bonds is 9. The normalized spacial score (nSPS) is 9.76. The van der Waals surface area contributed by atoms with Gasteiger partial charge in [-0.25, -0.2) is 4.79 Å². The molecule has 100 valence electrons. The Morgan fingerprint density at radius 3 is 2.59 bits per heavy atom. The molecule has 0 saturated heterocycles. The minimum absolute atomic E-state index is 0.0418. The monoisotopic (exact) mass is 247 g/mol. The van der Waals surface area contributed by atoms with Gasteiger partial charge in [0.1, 0.15) is 6.61 Å². The molecule has 0 aliphatic carbocycles. The van der Waals surface area contributed by atoms with Crippen molar-refractivity contribution in [2.75, 3.05) is 46.6 Å². The highest BCUT2D eigenvalue weighted by Gasteiger charge is 2.00. The molecule has 0 spiro atoms. The Morgan fingerprint density at radius 2 is 1.94 bits per heavy atom. The maximum atomic E-state index is 10.9. The van der Waals surface area contributed by atoms with E-state index in [0.717, 1.165) is 0 Å². The summed E-state index contributed by atoms with van der Waals surface area (Å²) in [6.07, 6.45) is 0. The zero-order chi connectivity index (χ0) is 12.9. The minimum Gasteiger partial charge on any atom is -0.464 e. The molecule has 0 aromatic carbocycles. The Labute approximate surface area is 101 Å². The summed E-state index contributed by atoms with van der Waals surface area (Å²) in [7, 11) is 1.67. The summed E-state index contributed by atoms with van der Waals surface area (Å²) < 4.78 is 14.9. The van der Waals surface area contributed by atoms with Crippen LogP contribution < -0.4 is 10.6 Å². The molecule has 0 saturated carbocycles. The van der Waals surface area contributed by atoms with E-state index in [1.54, 1.807) is 14.0 Å². The molecule has 0 unspecified atom stereocenters. The van der Waals surface area contributed by atoms with E-state index in [4.69, 9.17) is 14.9 Å². The molecule has 0 amide bonds. The zero-order valence-corrected chi connectivity index (χ0v) is 10.4. The first kappa shape index (κ1) is 15.7. The maximum absolute atomic E-state index is 10.9. The summed E-state index contributed by atoms with van der Waals surface area (Å²) in [6, 6.07) is 0. The quantitative estimate of drug-likeness (QED) is 0.216. The van der Waals surface area contributed by atoms with E-state index < -0.39 is 0 Å². The van der Waals surface area contributed by atoms with Crippen LogP contribution in [-0.2, 0) is 19.0 Å². The van der Waals surface area contributed by atoms with Crippen molar-refractivity contribution in [3.8, 4) is 0 Å². The van der Waals surface area contributed by atoms with E-state index in [9.17, 15) is 4.79 Å². The number of ether oxygens (including phenoxy) is 3. The van der Waals surface area contributed by atoms with Crippen LogP contribution in [0.25, 0.3) is 0 Å². The molecule has 0 heterocycles. The Hall–Kier alpha value is -1.34. The van der Waals surface area contributed by atoms with E-state index in [1.165, 1.54) is 0 Å². The van der Waals surface area contributed by atoms with Gasteiger partial charge in [0.25, 0.3) is 0 Å². The van der Waals surface area contributed by atoms with Gasteiger partial charge in [-0.3, -0.25) is 5.41 Å². The van der Waals surface area contributed by atoms with Gasteiger partial charge in [-0.05, 0) is 6.92 Å². The van der Waals surface area contributed by atoms with Crippen molar-refractivity contribution in [3.05, 3.63) is 0 Å². The number of hydrogen-bond donors (Lipinski definition) is 3. The Morgan fingerprint density at radius 1 is 1.24 bits per heavy atom. The lowest BCUT2D eigenvalue weighted by Crippen LogP contribution is -2.35. The van der Waals surface area contributed by atoms with Crippen molar-refractivity contribution >= 4 is 11.9 Å². The van der Waals surface area contributed by atoms with Crippen LogP contribution in [0.15, 0.2) is 0 Å². The molecule has 0 aliphatic rings. The van der Waals surface area contributed by atoms with Crippen molar-refractivity contribution in [2.24, 2.45) is 0 Å². The van der Waals surface area contributed by atoms with Crippen LogP contribution in [0.1, 0.15) is 6.92 Å². The van der Waals surface area contributed by atoms with E-state index in [0.29, 0.717) is 33.0 Å². The van der Waals surface area contributed by atoms with Gasteiger partial charge in [-0.2, -0.15) is 0 Å². The van der Waals surface area contributed by atoms with Gasteiger partial charge in [0, 0.05) is 13.6 Å². The van der Waals surface area contributed by atoms with E-state index in [1.807, 2.05) is 0 Å². The lowest BCUT2D eigenvalue weighted by atomic mass is 10.6. The molecule has 17 heavy (non-hydrogen) atoms. The third-order valence-corrected chi connectivity index (χ3v) is 1.70. The fourth-order valence-electron chi connectivity index (χ4n) is 0.915. The molecular formula is C10H21N3O4. The number of esters is 1. The fraction of sp³-hybridized carbons (Fsp3) is 0.800. The smallest absolute Gasteiger partial charge is 0.332 e. The molecule has 0 bridgehead atoms. The van der Waals surface area contributed by atoms with Gasteiger partial charge in [-0.15, -0.1) is 0 Å². The predicted molar refractivity (Wildman–Crippen MR) is 63.1 cm³/mol. The van der Waals surface area contributed by atoms with Crippen molar-refractivity contribution in [1.29, 1.82) is 5.41 Å². The highest BCUT2D eigenvalue weighted by molar-refractivity contribution is 5.75. The van der Waals surface area contributed by atoms with Crippen molar-refractivity contribution < 1.29 is 19.0 Å². The van der Waals surface area contributed by atoms with Gasteiger partial charge in [0.05, 0.1) is 26.4 Å². The lowest BCUT2D eigenvalue weighted by molar-refractivity contribution is -0.148. The van der Waals surface area contributed by atoms with E-state index in [-0.39, 0.29) is 18.5 Å². The number of guanidine groups is 1. The summed E-state index contributed by atoms with van der Waals surface area (Å²) in [4.78, 5) is 10.9. The van der Waals surface area contributed by atoms with Crippen LogP contribution in [-0.4, -0.2) is 58.6 Å². The third-order valence-electron chi connectivity index (χ3n) is 1.70. The molecule has 7 heteroatoms. The Bertz CT molecular complexity index is 224. The average molecular weight is 247 g/mol. The first-order chi connectivity index (χ1) is 8.20. The molecule has 3 N–H and O–H groups in total. The summed E-state index contributed by atoms with van der Waals surface area (Å²) in [5, 5.41) is 12.6. The maximum Gasteiger partial charge on any atom is 0.332 e. The number of carbonyl (C=O) groups excluding carboxylic acids is 1. The SMILES string of the molecule is CCOC(=O)COCCOCCNC(=N)NC. The average Bonchev–Trinajstić information content (AvgIpc) is 2.32. The van der Waals surface area contributed by atoms with Gasteiger partial charge in [-0.1, -0.05) is 0 Å². The summed E-state index contributed by atoms with van der Waals surface area (Å²) in [5.74, 6) is -0.108. The van der Waals surface area contributed by atoms with Crippen molar-refractivity contribution in [1.82, 2.24) is 10.6 Å². The van der Waals surface area contributed by atoms with Crippen molar-refractivity contribution in [2.45, 2.75) is 6.92 Å². The molecule has 0 aliphatic heterocycles. The number of carbonyl (C=O) groups is 1. The van der Waals surface area contributed by atoms with Gasteiger partial charge in [0.2, 0.25) is 0 Å². The fourth-order valence-corrected chi connectivity index (χ4v) is 0.915. The molecule has 7 nitrogen and oxygen atoms in total. The summed E-state index contributed by atoms with van der Waals surface area (Å²) in [5.41, 5.74) is 0. The summed E-state index contributed by atoms with van der Waals surface area (Å²) in [6.45, 7) is 3.86. The highest BCUT2D eigenvalue weighted by atomic mass is 16.6. The second-order valence-electron chi connectivity index (χ2n) is 3.02. The molecular weight excluding hydrogens is 226 g/mol. The van der Waals surface area contributed by atoms with Crippen LogP contribution in [0.2, 0.25) is 0 Å². The van der Waals surface area contributed by atoms with E-state index >= 15 is 0 Å². The minimum atomic E-state index is -0.364. The third kappa shape index (κ3) is 10.9. The molecule has 0 radical (unpaired) electrons. The van der Waals surface area contributed by atoms with E-state index in [2.05, 4.69) is 15.4 Å². The van der Waals surface area contributed by atoms with Gasteiger partial charge in [0.15, 0.2) is 5.96 Å². The second kappa shape index (κ2) is 11.2. The van der Waals surface area contributed by atoms with Crippen LogP contribution in [0, 0.1) is 5.41 Å². The first-order valence-electron chi connectivity index (χ1n) is 5.52. The predicted octanol–water partition coefficient (Wildman–Crippen LogP) is -0.674. The lowest BCUT2D eigenvalue weighted by Gasteiger charge is -2.08. The number of hydrogen-bond acceptors (Lipinski definition) is 5. The van der Waals surface area contributed by atoms with Gasteiger partial charge >= 0.3 is 5.97 Å². The zero-order valence-electron chi connectivity index (χ0n) is 10.4. The molecule has 0 fully saturated rings. The molecule has 0 aromatic rings. The van der Waals surface area contributed by atoms with Crippen LogP contribution in [0.5, 0.6) is 0 Å². The summed E-state index contributed by atoms with van der Waals surface area (Å²) >= 11 is 0. The second-order valence-corrected chi connectivity index (χ2v) is 3.02. The van der Waals surface area contributed by atoms with Crippen LogP contribution in [0.3, 0.4) is 0 Å². The van der Waals surface area contributed by atoms with Crippen LogP contribution in [0.4, 0.5) is 0 Å². The molecule has 0 rings (SSSR count). The molecule has 0 atom stereocenters. The Kier molecular flexibility index (Phi) is 10.3. The largest absolute Gasteiger partial charge is 0.464 e. The Balaban J connectivity index is 3.13. The molecule has 0 aromatic heterocycles. The first-order valence-corrected chi connectivity index (χ1v) is 5.52.